The second-order valence-electron chi connectivity index (χ2n) is 5.07. The van der Waals surface area contributed by atoms with E-state index in [2.05, 4.69) is 5.32 Å². The smallest absolute Gasteiger partial charge is 0.312 e. The summed E-state index contributed by atoms with van der Waals surface area (Å²) < 4.78 is 10.1. The summed E-state index contributed by atoms with van der Waals surface area (Å²) in [6, 6.07) is 6.10. The average Bonchev–Trinajstić information content (AvgIpc) is 2.53. The van der Waals surface area contributed by atoms with Gasteiger partial charge in [-0.15, -0.1) is 0 Å². The standard InChI is InChI=1S/C16H22N2O5/c1-11(15(20)23-9-3-8-18-16(17)21)10-14(19)12-4-6-13(22-2)7-5-12/h4-7,11H,3,8-10H2,1-2H3,(H3,17,18,21)/t11-/m1/s1. The number of primary amides is 1. The minimum atomic E-state index is -0.616. The van der Waals surface area contributed by atoms with Crippen LogP contribution in [0.5, 0.6) is 5.75 Å². The zero-order chi connectivity index (χ0) is 17.2. The number of rotatable bonds is 9. The van der Waals surface area contributed by atoms with E-state index in [0.29, 0.717) is 24.3 Å². The Morgan fingerprint density at radius 3 is 2.43 bits per heavy atom. The van der Waals surface area contributed by atoms with Crippen molar-refractivity contribution in [2.75, 3.05) is 20.3 Å². The largest absolute Gasteiger partial charge is 0.497 e. The van der Waals surface area contributed by atoms with E-state index in [-0.39, 0.29) is 18.8 Å². The lowest BCUT2D eigenvalue weighted by Crippen LogP contribution is -2.30. The molecule has 0 saturated carbocycles. The Morgan fingerprint density at radius 2 is 1.87 bits per heavy atom. The monoisotopic (exact) mass is 322 g/mol. The van der Waals surface area contributed by atoms with Crippen molar-refractivity contribution in [1.82, 2.24) is 5.32 Å². The van der Waals surface area contributed by atoms with Crippen molar-refractivity contribution < 1.29 is 23.9 Å². The number of Topliss-reactive ketones (excluding diaryl/α,β-unsaturated/α-hetero) is 1. The van der Waals surface area contributed by atoms with Gasteiger partial charge in [0, 0.05) is 18.5 Å². The van der Waals surface area contributed by atoms with Crippen LogP contribution in [0.3, 0.4) is 0 Å². The van der Waals surface area contributed by atoms with Gasteiger partial charge in [-0.3, -0.25) is 9.59 Å². The summed E-state index contributed by atoms with van der Waals surface area (Å²) in [5.41, 5.74) is 5.43. The van der Waals surface area contributed by atoms with Gasteiger partial charge >= 0.3 is 12.0 Å². The first kappa shape index (κ1) is 18.5. The van der Waals surface area contributed by atoms with E-state index in [1.807, 2.05) is 0 Å². The number of carbonyl (C=O) groups excluding carboxylic acids is 3. The topological polar surface area (TPSA) is 108 Å². The molecule has 0 aliphatic carbocycles. The van der Waals surface area contributed by atoms with Crippen LogP contribution >= 0.6 is 0 Å². The van der Waals surface area contributed by atoms with Gasteiger partial charge in [-0.25, -0.2) is 4.79 Å². The van der Waals surface area contributed by atoms with Gasteiger partial charge in [0.05, 0.1) is 19.6 Å². The number of hydrogen-bond donors (Lipinski definition) is 2. The van der Waals surface area contributed by atoms with Gasteiger partial charge in [0.15, 0.2) is 5.78 Å². The second-order valence-corrected chi connectivity index (χ2v) is 5.07. The number of ether oxygens (including phenoxy) is 2. The lowest BCUT2D eigenvalue weighted by molar-refractivity contribution is -0.147. The van der Waals surface area contributed by atoms with Crippen LogP contribution < -0.4 is 15.8 Å². The fourth-order valence-electron chi connectivity index (χ4n) is 1.85. The van der Waals surface area contributed by atoms with Crippen LogP contribution in [0, 0.1) is 5.92 Å². The van der Waals surface area contributed by atoms with E-state index in [1.54, 1.807) is 38.3 Å². The summed E-state index contributed by atoms with van der Waals surface area (Å²) >= 11 is 0. The lowest BCUT2D eigenvalue weighted by Gasteiger charge is -2.11. The summed E-state index contributed by atoms with van der Waals surface area (Å²) in [5.74, 6) is -0.439. The van der Waals surface area contributed by atoms with E-state index in [4.69, 9.17) is 15.2 Å². The third kappa shape index (κ3) is 6.82. The van der Waals surface area contributed by atoms with Crippen molar-refractivity contribution in [3.63, 3.8) is 0 Å². The molecule has 0 aliphatic heterocycles. The molecule has 7 heteroatoms. The van der Waals surface area contributed by atoms with Crippen LogP contribution in [0.25, 0.3) is 0 Å². The van der Waals surface area contributed by atoms with Crippen molar-refractivity contribution >= 4 is 17.8 Å². The Hall–Kier alpha value is -2.57. The molecule has 7 nitrogen and oxygen atoms in total. The molecule has 0 saturated heterocycles. The first-order chi connectivity index (χ1) is 10.9. The average molecular weight is 322 g/mol. The molecule has 1 atom stereocenters. The molecule has 0 aliphatic rings. The molecule has 0 unspecified atom stereocenters. The van der Waals surface area contributed by atoms with Gasteiger partial charge in [-0.1, -0.05) is 6.92 Å². The molecule has 0 aromatic heterocycles. The van der Waals surface area contributed by atoms with E-state index < -0.39 is 17.9 Å². The number of carbonyl (C=O) groups is 3. The first-order valence-electron chi connectivity index (χ1n) is 7.31. The number of benzene rings is 1. The van der Waals surface area contributed by atoms with Gasteiger partial charge in [0.25, 0.3) is 0 Å². The molecule has 126 valence electrons. The van der Waals surface area contributed by atoms with E-state index >= 15 is 0 Å². The molecule has 2 amide bonds. The highest BCUT2D eigenvalue weighted by Crippen LogP contribution is 2.15. The quantitative estimate of drug-likeness (QED) is 0.407. The molecule has 1 aromatic rings. The maximum atomic E-state index is 12.1. The van der Waals surface area contributed by atoms with E-state index in [1.165, 1.54) is 0 Å². The van der Waals surface area contributed by atoms with Crippen LogP contribution in [-0.2, 0) is 9.53 Å². The molecule has 1 rings (SSSR count). The van der Waals surface area contributed by atoms with Gasteiger partial charge < -0.3 is 20.5 Å². The maximum absolute atomic E-state index is 12.1. The number of esters is 1. The van der Waals surface area contributed by atoms with E-state index in [0.717, 1.165) is 0 Å². The number of ketones is 1. The SMILES string of the molecule is COc1ccc(C(=O)C[C@@H](C)C(=O)OCCCNC(N)=O)cc1. The Morgan fingerprint density at radius 1 is 1.22 bits per heavy atom. The number of hydrogen-bond acceptors (Lipinski definition) is 5. The third-order valence-electron chi connectivity index (χ3n) is 3.17. The normalized spacial score (nSPS) is 11.4. The summed E-state index contributed by atoms with van der Waals surface area (Å²) in [6.45, 7) is 2.15. The zero-order valence-corrected chi connectivity index (χ0v) is 13.3. The molecule has 3 N–H and O–H groups in total. The molecular weight excluding hydrogens is 300 g/mol. The van der Waals surface area contributed by atoms with Crippen molar-refractivity contribution in [2.24, 2.45) is 11.7 Å². The van der Waals surface area contributed by atoms with Crippen molar-refractivity contribution in [3.05, 3.63) is 29.8 Å². The van der Waals surface area contributed by atoms with Crippen LogP contribution in [0.2, 0.25) is 0 Å². The molecular formula is C16H22N2O5. The van der Waals surface area contributed by atoms with Crippen molar-refractivity contribution in [2.45, 2.75) is 19.8 Å². The Kier molecular flexibility index (Phi) is 7.59. The second kappa shape index (κ2) is 9.45. The van der Waals surface area contributed by atoms with Gasteiger partial charge in [0.2, 0.25) is 0 Å². The predicted octanol–water partition coefficient (Wildman–Crippen LogP) is 1.51. The molecule has 0 heterocycles. The molecule has 1 aromatic carbocycles. The highest BCUT2D eigenvalue weighted by atomic mass is 16.5. The highest BCUT2D eigenvalue weighted by molar-refractivity contribution is 5.98. The predicted molar refractivity (Wildman–Crippen MR) is 84.3 cm³/mol. The van der Waals surface area contributed by atoms with Gasteiger partial charge in [-0.2, -0.15) is 0 Å². The van der Waals surface area contributed by atoms with Crippen molar-refractivity contribution in [1.29, 1.82) is 0 Å². The first-order valence-corrected chi connectivity index (χ1v) is 7.31. The number of methoxy groups -OCH3 is 1. The van der Waals surface area contributed by atoms with Crippen LogP contribution in [0.4, 0.5) is 4.79 Å². The van der Waals surface area contributed by atoms with Gasteiger partial charge in [0.1, 0.15) is 5.75 Å². The summed E-state index contributed by atoms with van der Waals surface area (Å²) in [6.07, 6.45) is 0.540. The Balaban J connectivity index is 2.35. The Labute approximate surface area is 135 Å². The molecule has 0 radical (unpaired) electrons. The molecule has 0 bridgehead atoms. The molecule has 0 fully saturated rings. The minimum absolute atomic E-state index is 0.0741. The fourth-order valence-corrected chi connectivity index (χ4v) is 1.85. The summed E-state index contributed by atoms with van der Waals surface area (Å²) in [5, 5.41) is 2.39. The number of amides is 2. The summed E-state index contributed by atoms with van der Waals surface area (Å²) in [7, 11) is 1.55. The van der Waals surface area contributed by atoms with Crippen LogP contribution in [-0.4, -0.2) is 38.0 Å². The fraction of sp³-hybridized carbons (Fsp3) is 0.438. The van der Waals surface area contributed by atoms with E-state index in [9.17, 15) is 14.4 Å². The lowest BCUT2D eigenvalue weighted by atomic mass is 10.00. The summed E-state index contributed by atoms with van der Waals surface area (Å²) in [4.78, 5) is 34.4. The Bertz CT molecular complexity index is 542. The van der Waals surface area contributed by atoms with Crippen molar-refractivity contribution in [3.8, 4) is 5.75 Å². The number of nitrogens with one attached hydrogen (secondary N) is 1. The maximum Gasteiger partial charge on any atom is 0.312 e. The highest BCUT2D eigenvalue weighted by Gasteiger charge is 2.19. The number of urea groups is 1. The molecule has 23 heavy (non-hydrogen) atoms. The van der Waals surface area contributed by atoms with Crippen LogP contribution in [0.15, 0.2) is 24.3 Å². The van der Waals surface area contributed by atoms with Gasteiger partial charge in [-0.05, 0) is 30.7 Å². The molecule has 0 spiro atoms. The van der Waals surface area contributed by atoms with Crippen LogP contribution in [0.1, 0.15) is 30.1 Å². The number of nitrogens with two attached hydrogens (primary N) is 1. The zero-order valence-electron chi connectivity index (χ0n) is 13.3. The third-order valence-corrected chi connectivity index (χ3v) is 3.17. The minimum Gasteiger partial charge on any atom is -0.497 e.